The summed E-state index contributed by atoms with van der Waals surface area (Å²) in [6.45, 7) is 3.22. The molecule has 2 N–H and O–H groups in total. The Morgan fingerprint density at radius 1 is 0.968 bits per heavy atom. The van der Waals surface area contributed by atoms with Gasteiger partial charge in [0.2, 0.25) is 0 Å². The summed E-state index contributed by atoms with van der Waals surface area (Å²) in [4.78, 5) is 32.1. The lowest BCUT2D eigenvalue weighted by Gasteiger charge is -2.12. The summed E-state index contributed by atoms with van der Waals surface area (Å²) in [5, 5.41) is 5.20. The van der Waals surface area contributed by atoms with E-state index >= 15 is 0 Å². The first-order valence-corrected chi connectivity index (χ1v) is 9.25. The molecule has 0 atom stereocenters. The average molecular weight is 428 g/mol. The van der Waals surface area contributed by atoms with Crippen LogP contribution in [0.25, 0.3) is 11.3 Å². The molecule has 0 aliphatic heterocycles. The van der Waals surface area contributed by atoms with Crippen molar-refractivity contribution in [1.82, 2.24) is 15.3 Å². The van der Waals surface area contributed by atoms with Gasteiger partial charge in [-0.1, -0.05) is 6.07 Å². The maximum Gasteiger partial charge on any atom is 0.433 e. The Labute approximate surface area is 176 Å². The van der Waals surface area contributed by atoms with E-state index in [1.54, 1.807) is 30.3 Å². The molecule has 2 amide bonds. The number of alkyl halides is 3. The highest BCUT2D eigenvalue weighted by Gasteiger charge is 2.33. The Morgan fingerprint density at radius 3 is 2.29 bits per heavy atom. The van der Waals surface area contributed by atoms with Gasteiger partial charge >= 0.3 is 6.18 Å². The monoisotopic (exact) mass is 428 g/mol. The summed E-state index contributed by atoms with van der Waals surface area (Å²) < 4.78 is 38.4. The topological polar surface area (TPSA) is 84.0 Å². The van der Waals surface area contributed by atoms with Gasteiger partial charge in [-0.3, -0.25) is 14.6 Å². The van der Waals surface area contributed by atoms with Crippen LogP contribution in [0, 0.1) is 13.8 Å². The molecule has 0 spiro atoms. The number of rotatable bonds is 4. The Hall–Kier alpha value is -3.75. The molecule has 1 aromatic carbocycles. The van der Waals surface area contributed by atoms with Gasteiger partial charge in [-0.25, -0.2) is 4.98 Å². The van der Waals surface area contributed by atoms with Crippen molar-refractivity contribution >= 4 is 17.5 Å². The molecule has 2 heterocycles. The SMILES string of the molecule is CNC(=O)c1ccc(-c2cc(NC(=O)c3ccc(C(F)(F)F)nc3C)ccc2C)nc1. The van der Waals surface area contributed by atoms with Gasteiger partial charge in [0.05, 0.1) is 22.5 Å². The molecule has 3 aromatic rings. The molecule has 9 heteroatoms. The molecule has 3 rings (SSSR count). The summed E-state index contributed by atoms with van der Waals surface area (Å²) in [7, 11) is 1.53. The van der Waals surface area contributed by atoms with Gasteiger partial charge in [-0.2, -0.15) is 13.2 Å². The van der Waals surface area contributed by atoms with Crippen LogP contribution in [-0.2, 0) is 6.18 Å². The number of carbonyl (C=O) groups excluding carboxylic acids is 2. The Kier molecular flexibility index (Phi) is 6.05. The summed E-state index contributed by atoms with van der Waals surface area (Å²) in [6.07, 6.45) is -3.12. The molecule has 2 aromatic heterocycles. The van der Waals surface area contributed by atoms with Crippen LogP contribution >= 0.6 is 0 Å². The molecular formula is C22H19F3N4O2. The molecule has 31 heavy (non-hydrogen) atoms. The van der Waals surface area contributed by atoms with Gasteiger partial charge in [-0.15, -0.1) is 0 Å². The van der Waals surface area contributed by atoms with Crippen molar-refractivity contribution in [3.8, 4) is 11.3 Å². The molecule has 0 unspecified atom stereocenters. The number of aryl methyl sites for hydroxylation is 2. The van der Waals surface area contributed by atoms with E-state index < -0.39 is 17.8 Å². The molecule has 0 fully saturated rings. The number of carbonyl (C=O) groups is 2. The van der Waals surface area contributed by atoms with E-state index in [0.29, 0.717) is 16.9 Å². The van der Waals surface area contributed by atoms with E-state index in [2.05, 4.69) is 20.6 Å². The minimum absolute atomic E-state index is 0.0221. The Bertz CT molecular complexity index is 1140. The summed E-state index contributed by atoms with van der Waals surface area (Å²) in [6, 6.07) is 10.4. The first kappa shape index (κ1) is 21.9. The Balaban J connectivity index is 1.85. The molecule has 160 valence electrons. The first-order valence-electron chi connectivity index (χ1n) is 9.25. The van der Waals surface area contributed by atoms with Crippen LogP contribution in [0.2, 0.25) is 0 Å². The molecule has 0 aliphatic carbocycles. The number of anilines is 1. The quantitative estimate of drug-likeness (QED) is 0.646. The number of nitrogens with one attached hydrogen (secondary N) is 2. The standard InChI is InChI=1S/C22H19F3N4O2/c1-12-4-6-15(10-17(12)18-8-5-14(11-27-18)20(30)26-3)29-21(31)16-7-9-19(22(23,24)25)28-13(16)2/h4-11H,1-3H3,(H,26,30)(H,29,31). The highest BCUT2D eigenvalue weighted by atomic mass is 19.4. The minimum Gasteiger partial charge on any atom is -0.355 e. The fourth-order valence-electron chi connectivity index (χ4n) is 2.96. The second-order valence-corrected chi connectivity index (χ2v) is 6.82. The van der Waals surface area contributed by atoms with E-state index in [4.69, 9.17) is 0 Å². The van der Waals surface area contributed by atoms with Gasteiger partial charge < -0.3 is 10.6 Å². The van der Waals surface area contributed by atoms with Crippen molar-refractivity contribution < 1.29 is 22.8 Å². The van der Waals surface area contributed by atoms with Gasteiger partial charge in [-0.05, 0) is 55.8 Å². The van der Waals surface area contributed by atoms with Gasteiger partial charge in [0.25, 0.3) is 11.8 Å². The number of aromatic nitrogens is 2. The van der Waals surface area contributed by atoms with Crippen molar-refractivity contribution in [3.63, 3.8) is 0 Å². The van der Waals surface area contributed by atoms with Crippen LogP contribution in [0.5, 0.6) is 0 Å². The maximum atomic E-state index is 12.8. The summed E-state index contributed by atoms with van der Waals surface area (Å²) in [5.74, 6) is -0.825. The number of nitrogens with zero attached hydrogens (tertiary/aromatic N) is 2. The van der Waals surface area contributed by atoms with Crippen LogP contribution in [0.15, 0.2) is 48.7 Å². The van der Waals surface area contributed by atoms with Crippen molar-refractivity contribution in [2.24, 2.45) is 0 Å². The smallest absolute Gasteiger partial charge is 0.355 e. The molecule has 0 saturated carbocycles. The van der Waals surface area contributed by atoms with E-state index in [0.717, 1.165) is 23.3 Å². The molecule has 6 nitrogen and oxygen atoms in total. The third kappa shape index (κ3) is 4.88. The average Bonchev–Trinajstić information content (AvgIpc) is 2.73. The van der Waals surface area contributed by atoms with E-state index in [1.165, 1.54) is 20.2 Å². The van der Waals surface area contributed by atoms with E-state index in [9.17, 15) is 22.8 Å². The van der Waals surface area contributed by atoms with Crippen LogP contribution in [0.3, 0.4) is 0 Å². The van der Waals surface area contributed by atoms with Crippen molar-refractivity contribution in [2.45, 2.75) is 20.0 Å². The van der Waals surface area contributed by atoms with Crippen LogP contribution in [-0.4, -0.2) is 28.8 Å². The fraction of sp³-hybridized carbons (Fsp3) is 0.182. The normalized spacial score (nSPS) is 11.2. The molecular weight excluding hydrogens is 409 g/mol. The zero-order valence-electron chi connectivity index (χ0n) is 17.0. The minimum atomic E-state index is -4.58. The largest absolute Gasteiger partial charge is 0.433 e. The first-order chi connectivity index (χ1) is 14.6. The Morgan fingerprint density at radius 2 is 1.71 bits per heavy atom. The second kappa shape index (κ2) is 8.55. The van der Waals surface area contributed by atoms with Gasteiger partial charge in [0.15, 0.2) is 0 Å². The van der Waals surface area contributed by atoms with Crippen molar-refractivity contribution in [2.75, 3.05) is 12.4 Å². The van der Waals surface area contributed by atoms with E-state index in [-0.39, 0.29) is 17.2 Å². The highest BCUT2D eigenvalue weighted by Crippen LogP contribution is 2.29. The van der Waals surface area contributed by atoms with Crippen LogP contribution < -0.4 is 10.6 Å². The third-order valence-corrected chi connectivity index (χ3v) is 4.65. The predicted octanol–water partition coefficient (Wildman–Crippen LogP) is 4.39. The summed E-state index contributed by atoms with van der Waals surface area (Å²) >= 11 is 0. The lowest BCUT2D eigenvalue weighted by molar-refractivity contribution is -0.141. The zero-order chi connectivity index (χ0) is 22.8. The van der Waals surface area contributed by atoms with Crippen LogP contribution in [0.4, 0.5) is 18.9 Å². The lowest BCUT2D eigenvalue weighted by Crippen LogP contribution is -2.17. The predicted molar refractivity (Wildman–Crippen MR) is 110 cm³/mol. The highest BCUT2D eigenvalue weighted by molar-refractivity contribution is 6.05. The molecule has 0 bridgehead atoms. The fourth-order valence-corrected chi connectivity index (χ4v) is 2.96. The van der Waals surface area contributed by atoms with Gasteiger partial charge in [0, 0.05) is 24.5 Å². The molecule has 0 saturated heterocycles. The van der Waals surface area contributed by atoms with Crippen molar-refractivity contribution in [3.05, 3.63) is 76.7 Å². The number of hydrogen-bond acceptors (Lipinski definition) is 4. The van der Waals surface area contributed by atoms with Crippen molar-refractivity contribution in [1.29, 1.82) is 0 Å². The van der Waals surface area contributed by atoms with Crippen LogP contribution in [0.1, 0.15) is 37.7 Å². The zero-order valence-corrected chi connectivity index (χ0v) is 17.0. The number of pyridine rings is 2. The number of amides is 2. The number of benzene rings is 1. The van der Waals surface area contributed by atoms with Gasteiger partial charge in [0.1, 0.15) is 5.69 Å². The molecule has 0 aliphatic rings. The lowest BCUT2D eigenvalue weighted by atomic mass is 10.0. The maximum absolute atomic E-state index is 12.8. The molecule has 0 radical (unpaired) electrons. The summed E-state index contributed by atoms with van der Waals surface area (Å²) in [5.41, 5.74) is 2.07. The number of hydrogen-bond donors (Lipinski definition) is 2. The van der Waals surface area contributed by atoms with E-state index in [1.807, 2.05) is 6.92 Å². The third-order valence-electron chi connectivity index (χ3n) is 4.65. The number of halogens is 3. The second-order valence-electron chi connectivity index (χ2n) is 6.82.